The second kappa shape index (κ2) is 3.09. The molecule has 1 aliphatic carbocycles. The van der Waals surface area contributed by atoms with Crippen molar-refractivity contribution in [1.29, 1.82) is 0 Å². The molecule has 0 saturated heterocycles. The molecule has 0 heterocycles. The molecule has 0 amide bonds. The zero-order valence-electron chi connectivity index (χ0n) is 9.89. The van der Waals surface area contributed by atoms with Gasteiger partial charge < -0.3 is 5.11 Å². The predicted molar refractivity (Wildman–Crippen MR) is 60.5 cm³/mol. The summed E-state index contributed by atoms with van der Waals surface area (Å²) in [5.74, 6) is 1.38. The van der Waals surface area contributed by atoms with E-state index < -0.39 is 8.07 Å². The van der Waals surface area contributed by atoms with Crippen LogP contribution in [0.2, 0.25) is 18.1 Å². The van der Waals surface area contributed by atoms with Crippen molar-refractivity contribution in [3.63, 3.8) is 0 Å². The summed E-state index contributed by atoms with van der Waals surface area (Å²) in [6.07, 6.45) is 1.24. The van der Waals surface area contributed by atoms with Gasteiger partial charge in [-0.15, -0.1) is 0 Å². The van der Waals surface area contributed by atoms with Crippen molar-refractivity contribution >= 4 is 8.07 Å². The second-order valence-corrected chi connectivity index (χ2v) is 11.8. The van der Waals surface area contributed by atoms with E-state index in [-0.39, 0.29) is 5.73 Å². The first-order valence-electron chi connectivity index (χ1n) is 5.36. The molecule has 0 aromatic carbocycles. The van der Waals surface area contributed by atoms with Crippen molar-refractivity contribution in [3.05, 3.63) is 0 Å². The Bertz CT molecular complexity index is 193. The summed E-state index contributed by atoms with van der Waals surface area (Å²) in [5.41, 5.74) is 0.00231. The van der Waals surface area contributed by atoms with E-state index in [9.17, 15) is 5.11 Å². The van der Waals surface area contributed by atoms with Crippen LogP contribution in [0.4, 0.5) is 0 Å². The maximum absolute atomic E-state index is 10.3. The third-order valence-corrected chi connectivity index (χ3v) is 10.0. The molecule has 0 bridgehead atoms. The molecular formula is C11H24OSi. The highest BCUT2D eigenvalue weighted by Gasteiger charge is 2.50. The van der Waals surface area contributed by atoms with Crippen molar-refractivity contribution in [1.82, 2.24) is 0 Å². The predicted octanol–water partition coefficient (Wildman–Crippen LogP) is 3.05. The topological polar surface area (TPSA) is 20.2 Å². The van der Waals surface area contributed by atoms with E-state index in [4.69, 9.17) is 0 Å². The fourth-order valence-corrected chi connectivity index (χ4v) is 4.19. The Labute approximate surface area is 83.6 Å². The zero-order chi connectivity index (χ0) is 10.4. The summed E-state index contributed by atoms with van der Waals surface area (Å²) >= 11 is 0. The van der Waals surface area contributed by atoms with Gasteiger partial charge in [0.1, 0.15) is 0 Å². The highest BCUT2D eigenvalue weighted by Crippen LogP contribution is 2.48. The number of aliphatic hydroxyl groups is 1. The van der Waals surface area contributed by atoms with Gasteiger partial charge in [0, 0.05) is 5.73 Å². The second-order valence-electron chi connectivity index (χ2n) is 6.29. The van der Waals surface area contributed by atoms with Crippen LogP contribution >= 0.6 is 0 Å². The van der Waals surface area contributed by atoms with Gasteiger partial charge in [-0.3, -0.25) is 0 Å². The van der Waals surface area contributed by atoms with Gasteiger partial charge in [-0.1, -0.05) is 40.8 Å². The normalized spacial score (nSPS) is 31.6. The van der Waals surface area contributed by atoms with Crippen LogP contribution in [0.1, 0.15) is 34.1 Å². The van der Waals surface area contributed by atoms with Crippen LogP contribution < -0.4 is 0 Å². The molecule has 1 N–H and O–H groups in total. The van der Waals surface area contributed by atoms with Gasteiger partial charge in [0.15, 0.2) is 0 Å². The van der Waals surface area contributed by atoms with Gasteiger partial charge in [-0.25, -0.2) is 0 Å². The third-order valence-electron chi connectivity index (χ3n) is 4.25. The Morgan fingerprint density at radius 3 is 1.92 bits per heavy atom. The standard InChI is InChI=1S/C11H24OSi/c1-8-7-9(8)10(12)13(5,6)11(2,3)4/h8-10,12H,7H2,1-6H3/t8?,9?,10-/m0/s1. The monoisotopic (exact) mass is 200 g/mol. The van der Waals surface area contributed by atoms with Crippen molar-refractivity contribution in [2.24, 2.45) is 11.8 Å². The van der Waals surface area contributed by atoms with E-state index >= 15 is 0 Å². The fourth-order valence-electron chi connectivity index (χ4n) is 1.77. The SMILES string of the molecule is CC1CC1[C@@H](O)[Si](C)(C)C(C)(C)C. The van der Waals surface area contributed by atoms with Crippen LogP contribution in [0, 0.1) is 11.8 Å². The first-order valence-corrected chi connectivity index (χ1v) is 8.43. The van der Waals surface area contributed by atoms with Crippen molar-refractivity contribution in [2.75, 3.05) is 0 Å². The summed E-state index contributed by atoms with van der Waals surface area (Å²) < 4.78 is 0. The van der Waals surface area contributed by atoms with Gasteiger partial charge in [-0.2, -0.15) is 0 Å². The molecule has 2 heteroatoms. The number of rotatable bonds is 2. The fraction of sp³-hybridized carbons (Fsp3) is 1.00. The van der Waals surface area contributed by atoms with Crippen LogP contribution in [0.15, 0.2) is 0 Å². The van der Waals surface area contributed by atoms with E-state index in [1.165, 1.54) is 6.42 Å². The molecule has 3 atom stereocenters. The lowest BCUT2D eigenvalue weighted by molar-refractivity contribution is 0.208. The number of hydrogen-bond acceptors (Lipinski definition) is 1. The molecule has 2 unspecified atom stereocenters. The Morgan fingerprint density at radius 1 is 1.31 bits per heavy atom. The molecule has 1 nitrogen and oxygen atoms in total. The highest BCUT2D eigenvalue weighted by atomic mass is 28.3. The van der Waals surface area contributed by atoms with Crippen LogP contribution in [0.25, 0.3) is 0 Å². The third kappa shape index (κ3) is 1.99. The van der Waals surface area contributed by atoms with Gasteiger partial charge >= 0.3 is 0 Å². The zero-order valence-corrected chi connectivity index (χ0v) is 10.9. The summed E-state index contributed by atoms with van der Waals surface area (Å²) in [6.45, 7) is 13.7. The first kappa shape index (κ1) is 11.3. The Morgan fingerprint density at radius 2 is 1.69 bits per heavy atom. The van der Waals surface area contributed by atoms with E-state index in [1.807, 2.05) is 0 Å². The van der Waals surface area contributed by atoms with E-state index in [0.29, 0.717) is 11.0 Å². The maximum atomic E-state index is 10.3. The lowest BCUT2D eigenvalue weighted by atomic mass is 10.2. The number of aliphatic hydroxyl groups excluding tert-OH is 1. The van der Waals surface area contributed by atoms with E-state index in [1.54, 1.807) is 0 Å². The van der Waals surface area contributed by atoms with Gasteiger partial charge in [0.25, 0.3) is 0 Å². The Balaban J connectivity index is 2.69. The number of hydrogen-bond donors (Lipinski definition) is 1. The summed E-state index contributed by atoms with van der Waals surface area (Å²) in [7, 11) is -1.50. The Hall–Kier alpha value is 0.177. The molecule has 0 radical (unpaired) electrons. The average molecular weight is 200 g/mol. The van der Waals surface area contributed by atoms with Gasteiger partial charge in [0.05, 0.1) is 8.07 Å². The molecule has 1 rings (SSSR count). The largest absolute Gasteiger partial charge is 0.396 e. The molecule has 78 valence electrons. The van der Waals surface area contributed by atoms with Crippen LogP contribution in [0.5, 0.6) is 0 Å². The minimum atomic E-state index is -1.50. The summed E-state index contributed by atoms with van der Waals surface area (Å²) in [5, 5.41) is 10.6. The average Bonchev–Trinajstić information content (AvgIpc) is 2.62. The molecule has 0 aromatic rings. The van der Waals surface area contributed by atoms with Crippen molar-refractivity contribution < 1.29 is 5.11 Å². The maximum Gasteiger partial charge on any atom is 0.0868 e. The summed E-state index contributed by atoms with van der Waals surface area (Å²) in [4.78, 5) is 0. The van der Waals surface area contributed by atoms with Crippen LogP contribution in [-0.2, 0) is 0 Å². The van der Waals surface area contributed by atoms with E-state index in [2.05, 4.69) is 40.8 Å². The molecule has 1 saturated carbocycles. The highest BCUT2D eigenvalue weighted by molar-refractivity contribution is 6.81. The lowest BCUT2D eigenvalue weighted by Gasteiger charge is -2.41. The minimum absolute atomic E-state index is 0.00231. The van der Waals surface area contributed by atoms with Crippen LogP contribution in [-0.4, -0.2) is 18.9 Å². The van der Waals surface area contributed by atoms with Crippen LogP contribution in [0.3, 0.4) is 0 Å². The van der Waals surface area contributed by atoms with E-state index in [0.717, 1.165) is 5.92 Å². The first-order chi connectivity index (χ1) is 5.68. The molecule has 0 spiro atoms. The van der Waals surface area contributed by atoms with Crippen molar-refractivity contribution in [3.8, 4) is 0 Å². The van der Waals surface area contributed by atoms with Gasteiger partial charge in [-0.05, 0) is 23.3 Å². The summed E-state index contributed by atoms with van der Waals surface area (Å²) in [6, 6.07) is 0. The molecule has 0 aliphatic heterocycles. The molecule has 1 fully saturated rings. The van der Waals surface area contributed by atoms with Crippen molar-refractivity contribution in [2.45, 2.75) is 58.0 Å². The molecular weight excluding hydrogens is 176 g/mol. The van der Waals surface area contributed by atoms with Gasteiger partial charge in [0.2, 0.25) is 0 Å². The lowest BCUT2D eigenvalue weighted by Crippen LogP contribution is -2.50. The molecule has 1 aliphatic rings. The molecule has 13 heavy (non-hydrogen) atoms. The quantitative estimate of drug-likeness (QED) is 0.679. The minimum Gasteiger partial charge on any atom is -0.396 e. The smallest absolute Gasteiger partial charge is 0.0868 e. The molecule has 0 aromatic heterocycles. The Kier molecular flexibility index (Phi) is 2.68.